The van der Waals surface area contributed by atoms with Crippen LogP contribution in [0.2, 0.25) is 0 Å². The van der Waals surface area contributed by atoms with Crippen molar-refractivity contribution in [1.82, 2.24) is 0 Å². The summed E-state index contributed by atoms with van der Waals surface area (Å²) in [7, 11) is 0. The lowest BCUT2D eigenvalue weighted by Gasteiger charge is -2.22. The topological polar surface area (TPSA) is 40.5 Å². The Morgan fingerprint density at radius 3 is 1.88 bits per heavy atom. The second-order valence-corrected chi connectivity index (χ2v) is 2.51. The van der Waals surface area contributed by atoms with E-state index in [0.717, 1.165) is 0 Å². The fourth-order valence-corrected chi connectivity index (χ4v) is 0.548. The van der Waals surface area contributed by atoms with Crippen molar-refractivity contribution in [2.75, 3.05) is 5.75 Å². The number of hydrogen-bond donors (Lipinski definition) is 3. The van der Waals surface area contributed by atoms with Crippen LogP contribution < -0.4 is 0 Å². The molecule has 0 amide bonds. The molecule has 0 aromatic heterocycles. The summed E-state index contributed by atoms with van der Waals surface area (Å²) in [4.78, 5) is 0. The predicted octanol–water partition coefficient (Wildman–Crippen LogP) is 0.253. The molecule has 2 nitrogen and oxygen atoms in total. The molecule has 0 aromatic carbocycles. The van der Waals surface area contributed by atoms with Crippen molar-refractivity contribution in [3.05, 3.63) is 0 Å². The second-order valence-electron chi connectivity index (χ2n) is 2.19. The minimum atomic E-state index is -1.59. The molecule has 0 aliphatic carbocycles. The lowest BCUT2D eigenvalue weighted by atomic mass is 10.1. The first-order chi connectivity index (χ1) is 3.50. The Balaban J connectivity index is 3.71. The first-order valence-electron chi connectivity index (χ1n) is 2.56. The normalized spacial score (nSPS) is 12.8. The van der Waals surface area contributed by atoms with Crippen LogP contribution in [0.4, 0.5) is 0 Å². The summed E-state index contributed by atoms with van der Waals surface area (Å²) in [5, 5.41) is 17.8. The molecule has 3 heteroatoms. The molecule has 0 aliphatic rings. The van der Waals surface area contributed by atoms with Gasteiger partial charge in [0.05, 0.1) is 0 Å². The summed E-state index contributed by atoms with van der Waals surface area (Å²) in [5.74, 6) is -1.66. The van der Waals surface area contributed by atoms with Crippen LogP contribution in [-0.2, 0) is 0 Å². The van der Waals surface area contributed by atoms with Gasteiger partial charge >= 0.3 is 0 Å². The average Bonchev–Trinajstić information content (AvgIpc) is 1.67. The summed E-state index contributed by atoms with van der Waals surface area (Å²) in [6.45, 7) is 3.46. The van der Waals surface area contributed by atoms with E-state index in [0.29, 0.717) is 0 Å². The van der Waals surface area contributed by atoms with E-state index < -0.39 is 5.79 Å². The fraction of sp³-hybridized carbons (Fsp3) is 1.00. The maximum atomic E-state index is 8.88. The quantitative estimate of drug-likeness (QED) is 0.376. The molecule has 0 saturated heterocycles. The molecule has 0 spiro atoms. The number of rotatable bonds is 2. The van der Waals surface area contributed by atoms with Crippen LogP contribution in [-0.4, -0.2) is 21.8 Å². The molecular weight excluding hydrogens is 124 g/mol. The standard InChI is InChI=1S/C5H12O2S/c1-4(2)5(6,7)3-8/h4,6-8H,3H2,1-2H3. The van der Waals surface area contributed by atoms with Gasteiger partial charge in [-0.2, -0.15) is 12.6 Å². The summed E-state index contributed by atoms with van der Waals surface area (Å²) < 4.78 is 0. The van der Waals surface area contributed by atoms with Gasteiger partial charge < -0.3 is 10.2 Å². The van der Waals surface area contributed by atoms with Gasteiger partial charge in [-0.3, -0.25) is 0 Å². The van der Waals surface area contributed by atoms with Crippen LogP contribution in [0.5, 0.6) is 0 Å². The van der Waals surface area contributed by atoms with Gasteiger partial charge in [0.2, 0.25) is 0 Å². The van der Waals surface area contributed by atoms with Gasteiger partial charge in [-0.15, -0.1) is 0 Å². The monoisotopic (exact) mass is 136 g/mol. The molecule has 0 saturated carbocycles. The Bertz CT molecular complexity index is 70.8. The molecule has 0 heterocycles. The van der Waals surface area contributed by atoms with E-state index in [2.05, 4.69) is 12.6 Å². The molecule has 0 bridgehead atoms. The highest BCUT2D eigenvalue weighted by atomic mass is 32.1. The molecule has 0 aromatic rings. The third kappa shape index (κ3) is 2.03. The van der Waals surface area contributed by atoms with Gasteiger partial charge in [0, 0.05) is 11.7 Å². The highest BCUT2D eigenvalue weighted by molar-refractivity contribution is 7.80. The summed E-state index contributed by atoms with van der Waals surface area (Å²) in [6.07, 6.45) is 0. The molecule has 0 radical (unpaired) electrons. The van der Waals surface area contributed by atoms with Gasteiger partial charge in [-0.25, -0.2) is 0 Å². The minimum absolute atomic E-state index is 0.0880. The summed E-state index contributed by atoms with van der Waals surface area (Å²) in [5.41, 5.74) is 0. The van der Waals surface area contributed by atoms with Crippen LogP contribution in [0.15, 0.2) is 0 Å². The van der Waals surface area contributed by atoms with E-state index in [9.17, 15) is 0 Å². The molecule has 0 atom stereocenters. The zero-order valence-corrected chi connectivity index (χ0v) is 6.02. The Labute approximate surface area is 54.9 Å². The largest absolute Gasteiger partial charge is 0.365 e. The van der Waals surface area contributed by atoms with Crippen molar-refractivity contribution in [2.24, 2.45) is 5.92 Å². The third-order valence-corrected chi connectivity index (χ3v) is 1.62. The summed E-state index contributed by atoms with van der Waals surface area (Å²) in [6, 6.07) is 0. The maximum Gasteiger partial charge on any atom is 0.173 e. The molecule has 0 aliphatic heterocycles. The van der Waals surface area contributed by atoms with Crippen molar-refractivity contribution < 1.29 is 10.2 Å². The highest BCUT2D eigenvalue weighted by Crippen LogP contribution is 2.13. The summed E-state index contributed by atoms with van der Waals surface area (Å²) >= 11 is 3.74. The highest BCUT2D eigenvalue weighted by Gasteiger charge is 2.24. The van der Waals surface area contributed by atoms with Crippen LogP contribution in [0.1, 0.15) is 13.8 Å². The molecule has 0 unspecified atom stereocenters. The Morgan fingerprint density at radius 2 is 1.88 bits per heavy atom. The van der Waals surface area contributed by atoms with Gasteiger partial charge in [0.25, 0.3) is 0 Å². The van der Waals surface area contributed by atoms with E-state index >= 15 is 0 Å². The Morgan fingerprint density at radius 1 is 1.50 bits per heavy atom. The van der Waals surface area contributed by atoms with E-state index in [1.165, 1.54) is 0 Å². The van der Waals surface area contributed by atoms with Gasteiger partial charge in [-0.1, -0.05) is 13.8 Å². The van der Waals surface area contributed by atoms with E-state index in [1.54, 1.807) is 13.8 Å². The zero-order valence-electron chi connectivity index (χ0n) is 5.13. The molecule has 8 heavy (non-hydrogen) atoms. The minimum Gasteiger partial charge on any atom is -0.365 e. The lowest BCUT2D eigenvalue weighted by molar-refractivity contribution is -0.171. The first kappa shape index (κ1) is 8.27. The zero-order chi connectivity index (χ0) is 6.78. The number of aliphatic hydroxyl groups is 2. The third-order valence-electron chi connectivity index (χ3n) is 1.16. The van der Waals surface area contributed by atoms with Crippen molar-refractivity contribution in [1.29, 1.82) is 0 Å². The smallest absolute Gasteiger partial charge is 0.173 e. The lowest BCUT2D eigenvalue weighted by Crippen LogP contribution is -2.36. The van der Waals surface area contributed by atoms with Crippen molar-refractivity contribution >= 4 is 12.6 Å². The number of thiol groups is 1. The SMILES string of the molecule is CC(C)C(O)(O)CS. The van der Waals surface area contributed by atoms with Crippen molar-refractivity contribution in [3.63, 3.8) is 0 Å². The van der Waals surface area contributed by atoms with E-state index in [4.69, 9.17) is 10.2 Å². The molecule has 0 rings (SSSR count). The van der Waals surface area contributed by atoms with Gasteiger partial charge in [0.15, 0.2) is 5.79 Å². The molecule has 2 N–H and O–H groups in total. The first-order valence-corrected chi connectivity index (χ1v) is 3.19. The Kier molecular flexibility index (Phi) is 2.80. The van der Waals surface area contributed by atoms with Crippen LogP contribution in [0.3, 0.4) is 0 Å². The van der Waals surface area contributed by atoms with Crippen LogP contribution in [0, 0.1) is 5.92 Å². The van der Waals surface area contributed by atoms with Gasteiger partial charge in [0.1, 0.15) is 0 Å². The van der Waals surface area contributed by atoms with Gasteiger partial charge in [-0.05, 0) is 0 Å². The second kappa shape index (κ2) is 2.71. The molecular formula is C5H12O2S. The molecule has 50 valence electrons. The van der Waals surface area contributed by atoms with Crippen molar-refractivity contribution in [3.8, 4) is 0 Å². The van der Waals surface area contributed by atoms with Crippen LogP contribution >= 0.6 is 12.6 Å². The van der Waals surface area contributed by atoms with Crippen molar-refractivity contribution in [2.45, 2.75) is 19.6 Å². The number of hydrogen-bond acceptors (Lipinski definition) is 3. The molecule has 0 fully saturated rings. The predicted molar refractivity (Wildman–Crippen MR) is 35.9 cm³/mol. The fourth-order valence-electron chi connectivity index (χ4n) is 0.183. The van der Waals surface area contributed by atoms with E-state index in [1.807, 2.05) is 0 Å². The maximum absolute atomic E-state index is 8.88. The van der Waals surface area contributed by atoms with E-state index in [-0.39, 0.29) is 11.7 Å². The average molecular weight is 136 g/mol. The van der Waals surface area contributed by atoms with Crippen LogP contribution in [0.25, 0.3) is 0 Å². The Hall–Kier alpha value is 0.270.